The first-order chi connectivity index (χ1) is 13.2. The summed E-state index contributed by atoms with van der Waals surface area (Å²) >= 11 is 0. The SMILES string of the molecule is CC(C(=O)NC1CCCc2ccccc21)N1CCN(c2ccccn2)CC1. The van der Waals surface area contributed by atoms with Gasteiger partial charge in [-0.25, -0.2) is 4.98 Å². The molecule has 5 nitrogen and oxygen atoms in total. The van der Waals surface area contributed by atoms with Crippen molar-refractivity contribution in [3.63, 3.8) is 0 Å². The van der Waals surface area contributed by atoms with Crippen molar-refractivity contribution in [3.05, 3.63) is 59.8 Å². The maximum absolute atomic E-state index is 12.9. The van der Waals surface area contributed by atoms with Gasteiger partial charge in [0.05, 0.1) is 12.1 Å². The summed E-state index contributed by atoms with van der Waals surface area (Å²) in [6.07, 6.45) is 5.12. The third-order valence-corrected chi connectivity index (χ3v) is 5.90. The van der Waals surface area contributed by atoms with Crippen molar-refractivity contribution in [3.8, 4) is 0 Å². The number of aromatic nitrogens is 1. The normalized spacial score (nSPS) is 21.4. The van der Waals surface area contributed by atoms with Gasteiger partial charge in [0.25, 0.3) is 0 Å². The number of nitrogens with one attached hydrogen (secondary N) is 1. The van der Waals surface area contributed by atoms with E-state index in [0.717, 1.165) is 51.3 Å². The molecule has 1 aromatic carbocycles. The molecule has 1 fully saturated rings. The zero-order chi connectivity index (χ0) is 18.6. The van der Waals surface area contributed by atoms with Crippen molar-refractivity contribution < 1.29 is 4.79 Å². The number of rotatable bonds is 4. The lowest BCUT2D eigenvalue weighted by Crippen LogP contribution is -2.54. The minimum atomic E-state index is -0.107. The summed E-state index contributed by atoms with van der Waals surface area (Å²) in [5.41, 5.74) is 2.68. The average Bonchev–Trinajstić information content (AvgIpc) is 2.74. The number of piperazine rings is 1. The van der Waals surface area contributed by atoms with Gasteiger partial charge in [0.2, 0.25) is 5.91 Å². The summed E-state index contributed by atoms with van der Waals surface area (Å²) in [5.74, 6) is 1.16. The zero-order valence-corrected chi connectivity index (χ0v) is 16.0. The second kappa shape index (κ2) is 8.09. The number of carbonyl (C=O) groups is 1. The van der Waals surface area contributed by atoms with Crippen LogP contribution in [0.1, 0.15) is 36.9 Å². The molecule has 1 amide bonds. The summed E-state index contributed by atoms with van der Waals surface area (Å²) in [7, 11) is 0. The number of amides is 1. The summed E-state index contributed by atoms with van der Waals surface area (Å²) in [5, 5.41) is 3.31. The number of anilines is 1. The first-order valence-electron chi connectivity index (χ1n) is 10.0. The van der Waals surface area contributed by atoms with Gasteiger partial charge in [0.15, 0.2) is 0 Å². The number of fused-ring (bicyclic) bond motifs is 1. The molecule has 4 rings (SSSR count). The Bertz CT molecular complexity index is 771. The molecule has 0 bridgehead atoms. The van der Waals surface area contributed by atoms with Crippen molar-refractivity contribution in [2.75, 3.05) is 31.1 Å². The molecule has 5 heteroatoms. The summed E-state index contributed by atoms with van der Waals surface area (Å²) in [6.45, 7) is 5.60. The van der Waals surface area contributed by atoms with Gasteiger partial charge >= 0.3 is 0 Å². The molecule has 1 N–H and O–H groups in total. The molecular formula is C22H28N4O. The Kier molecular flexibility index (Phi) is 5.39. The van der Waals surface area contributed by atoms with Gasteiger partial charge in [-0.05, 0) is 49.4 Å². The van der Waals surface area contributed by atoms with Crippen LogP contribution in [0.15, 0.2) is 48.7 Å². The maximum atomic E-state index is 12.9. The fraction of sp³-hybridized carbons (Fsp3) is 0.455. The molecule has 1 saturated heterocycles. The first kappa shape index (κ1) is 18.0. The minimum absolute atomic E-state index is 0.107. The average molecular weight is 364 g/mol. The van der Waals surface area contributed by atoms with Crippen LogP contribution in [0.2, 0.25) is 0 Å². The van der Waals surface area contributed by atoms with E-state index in [-0.39, 0.29) is 18.0 Å². The predicted molar refractivity (Wildman–Crippen MR) is 108 cm³/mol. The molecule has 0 spiro atoms. The Morgan fingerprint density at radius 2 is 1.89 bits per heavy atom. The van der Waals surface area contributed by atoms with Gasteiger partial charge in [-0.1, -0.05) is 30.3 Å². The molecule has 1 aliphatic carbocycles. The second-order valence-electron chi connectivity index (χ2n) is 7.54. The summed E-state index contributed by atoms with van der Waals surface area (Å²) < 4.78 is 0. The van der Waals surface area contributed by atoms with Crippen LogP contribution < -0.4 is 10.2 Å². The molecule has 2 heterocycles. The van der Waals surface area contributed by atoms with E-state index in [1.807, 2.05) is 31.3 Å². The Hall–Kier alpha value is -2.40. The van der Waals surface area contributed by atoms with Crippen molar-refractivity contribution in [1.29, 1.82) is 0 Å². The topological polar surface area (TPSA) is 48.5 Å². The standard InChI is InChI=1S/C22H28N4O/c1-17(25-13-15-26(16-14-25)21-11-4-5-12-23-21)22(27)24-20-10-6-8-18-7-2-3-9-19(18)20/h2-5,7,9,11-12,17,20H,6,8,10,13-16H2,1H3,(H,24,27). The number of carbonyl (C=O) groups excluding carboxylic acids is 1. The van der Waals surface area contributed by atoms with Crippen LogP contribution in [-0.2, 0) is 11.2 Å². The number of benzene rings is 1. The van der Waals surface area contributed by atoms with E-state index in [0.29, 0.717) is 0 Å². The Morgan fingerprint density at radius 3 is 2.67 bits per heavy atom. The van der Waals surface area contributed by atoms with Gasteiger partial charge in [0.1, 0.15) is 5.82 Å². The minimum Gasteiger partial charge on any atom is -0.354 e. The second-order valence-corrected chi connectivity index (χ2v) is 7.54. The summed E-state index contributed by atoms with van der Waals surface area (Å²) in [4.78, 5) is 21.9. The quantitative estimate of drug-likeness (QED) is 0.906. The molecule has 2 unspecified atom stereocenters. The number of pyridine rings is 1. The lowest BCUT2D eigenvalue weighted by atomic mass is 9.87. The summed E-state index contributed by atoms with van der Waals surface area (Å²) in [6, 6.07) is 14.6. The molecule has 142 valence electrons. The van der Waals surface area contributed by atoms with Gasteiger partial charge < -0.3 is 10.2 Å². The molecule has 2 atom stereocenters. The first-order valence-corrected chi connectivity index (χ1v) is 10.0. The molecular weight excluding hydrogens is 336 g/mol. The zero-order valence-electron chi connectivity index (χ0n) is 16.0. The number of hydrogen-bond acceptors (Lipinski definition) is 4. The van der Waals surface area contributed by atoms with Crippen LogP contribution >= 0.6 is 0 Å². The van der Waals surface area contributed by atoms with Crippen molar-refractivity contribution in [1.82, 2.24) is 15.2 Å². The Morgan fingerprint density at radius 1 is 1.11 bits per heavy atom. The van der Waals surface area contributed by atoms with E-state index < -0.39 is 0 Å². The highest BCUT2D eigenvalue weighted by atomic mass is 16.2. The third-order valence-electron chi connectivity index (χ3n) is 5.90. The predicted octanol–water partition coefficient (Wildman–Crippen LogP) is 2.79. The van der Waals surface area contributed by atoms with Gasteiger partial charge in [0, 0.05) is 32.4 Å². The van der Waals surface area contributed by atoms with Crippen molar-refractivity contribution in [2.45, 2.75) is 38.3 Å². The fourth-order valence-electron chi connectivity index (χ4n) is 4.24. The number of nitrogens with zero attached hydrogens (tertiary/aromatic N) is 3. The van der Waals surface area contributed by atoms with Crippen molar-refractivity contribution >= 4 is 11.7 Å². The number of aryl methyl sites for hydroxylation is 1. The third kappa shape index (κ3) is 3.98. The van der Waals surface area contributed by atoms with E-state index in [4.69, 9.17) is 0 Å². The molecule has 27 heavy (non-hydrogen) atoms. The molecule has 1 aliphatic heterocycles. The fourth-order valence-corrected chi connectivity index (χ4v) is 4.24. The maximum Gasteiger partial charge on any atom is 0.237 e. The van der Waals surface area contributed by atoms with Gasteiger partial charge in [-0.15, -0.1) is 0 Å². The van der Waals surface area contributed by atoms with Gasteiger partial charge in [-0.3, -0.25) is 9.69 Å². The smallest absolute Gasteiger partial charge is 0.237 e. The van der Waals surface area contributed by atoms with Crippen LogP contribution in [0.5, 0.6) is 0 Å². The molecule has 0 radical (unpaired) electrons. The Labute approximate surface area is 161 Å². The number of hydrogen-bond donors (Lipinski definition) is 1. The Balaban J connectivity index is 1.34. The highest BCUT2D eigenvalue weighted by Gasteiger charge is 2.28. The van der Waals surface area contributed by atoms with Crippen molar-refractivity contribution in [2.24, 2.45) is 0 Å². The largest absolute Gasteiger partial charge is 0.354 e. The van der Waals surface area contributed by atoms with Crippen LogP contribution in [0.3, 0.4) is 0 Å². The lowest BCUT2D eigenvalue weighted by molar-refractivity contribution is -0.126. The van der Waals surface area contributed by atoms with Crippen LogP contribution in [0.4, 0.5) is 5.82 Å². The highest BCUT2D eigenvalue weighted by Crippen LogP contribution is 2.29. The van der Waals surface area contributed by atoms with E-state index in [2.05, 4.69) is 44.4 Å². The van der Waals surface area contributed by atoms with Crippen LogP contribution in [0, 0.1) is 0 Å². The molecule has 1 aromatic heterocycles. The van der Waals surface area contributed by atoms with Gasteiger partial charge in [-0.2, -0.15) is 0 Å². The van der Waals surface area contributed by atoms with E-state index in [1.54, 1.807) is 0 Å². The van der Waals surface area contributed by atoms with Crippen LogP contribution in [-0.4, -0.2) is 48.0 Å². The molecule has 0 saturated carbocycles. The van der Waals surface area contributed by atoms with E-state index >= 15 is 0 Å². The lowest BCUT2D eigenvalue weighted by Gasteiger charge is -2.38. The van der Waals surface area contributed by atoms with E-state index in [1.165, 1.54) is 11.1 Å². The molecule has 2 aliphatic rings. The van der Waals surface area contributed by atoms with E-state index in [9.17, 15) is 4.79 Å². The monoisotopic (exact) mass is 364 g/mol. The molecule has 2 aromatic rings. The highest BCUT2D eigenvalue weighted by molar-refractivity contribution is 5.82. The van der Waals surface area contributed by atoms with Crippen LogP contribution in [0.25, 0.3) is 0 Å².